The van der Waals surface area contributed by atoms with Crippen molar-refractivity contribution >= 4 is 27.5 Å². The van der Waals surface area contributed by atoms with Crippen LogP contribution in [0.5, 0.6) is 0 Å². The highest BCUT2D eigenvalue weighted by molar-refractivity contribution is 7.89. The Bertz CT molecular complexity index is 1240. The molecule has 1 atom stereocenters. The number of rotatable bonds is 9. The number of carbonyl (C=O) groups excluding carboxylic acids is 2. The molecule has 178 valence electrons. The van der Waals surface area contributed by atoms with Crippen LogP contribution in [0.2, 0.25) is 0 Å². The summed E-state index contributed by atoms with van der Waals surface area (Å²) in [5.74, 6) is -0.754. The molecule has 3 aromatic rings. The van der Waals surface area contributed by atoms with Crippen LogP contribution in [-0.2, 0) is 10.0 Å². The Morgan fingerprint density at radius 3 is 2.03 bits per heavy atom. The van der Waals surface area contributed by atoms with Crippen molar-refractivity contribution in [3.8, 4) is 0 Å². The average molecular weight is 480 g/mol. The van der Waals surface area contributed by atoms with Gasteiger partial charge in [-0.3, -0.25) is 9.59 Å². The lowest BCUT2D eigenvalue weighted by Crippen LogP contribution is -2.30. The summed E-state index contributed by atoms with van der Waals surface area (Å²) in [6.45, 7) is 6.17. The van der Waals surface area contributed by atoms with E-state index in [4.69, 9.17) is 0 Å². The molecule has 2 N–H and O–H groups in total. The second-order valence-electron chi connectivity index (χ2n) is 7.72. The molecule has 0 saturated heterocycles. The summed E-state index contributed by atoms with van der Waals surface area (Å²) in [4.78, 5) is 25.9. The smallest absolute Gasteiger partial charge is 0.255 e. The molecule has 7 nitrogen and oxygen atoms in total. The molecule has 3 rings (SSSR count). The van der Waals surface area contributed by atoms with E-state index < -0.39 is 15.9 Å². The number of nitrogens with zero attached hydrogens (tertiary/aromatic N) is 1. The van der Waals surface area contributed by atoms with Crippen LogP contribution < -0.4 is 10.6 Å². The van der Waals surface area contributed by atoms with Crippen molar-refractivity contribution in [2.24, 2.45) is 0 Å². The molecule has 0 aliphatic carbocycles. The minimum Gasteiger partial charge on any atom is -0.345 e. The van der Waals surface area contributed by atoms with Gasteiger partial charge in [-0.2, -0.15) is 4.31 Å². The van der Waals surface area contributed by atoms with Gasteiger partial charge in [-0.15, -0.1) is 0 Å². The third kappa shape index (κ3) is 5.70. The lowest BCUT2D eigenvalue weighted by atomic mass is 10.1. The van der Waals surface area contributed by atoms with Gasteiger partial charge in [0.15, 0.2) is 0 Å². The van der Waals surface area contributed by atoms with Crippen LogP contribution in [0, 0.1) is 0 Å². The summed E-state index contributed by atoms with van der Waals surface area (Å²) in [5, 5.41) is 5.71. The number of hydrogen-bond donors (Lipinski definition) is 2. The number of amides is 2. The van der Waals surface area contributed by atoms with E-state index in [1.54, 1.807) is 38.1 Å². The SMILES string of the molecule is CCN(CC)S(=O)(=O)c1ccc(C(=O)Nc2ccccc2C(=O)NC(C)c2ccccc2)cc1. The zero-order chi connectivity index (χ0) is 24.7. The number of hydrogen-bond acceptors (Lipinski definition) is 4. The van der Waals surface area contributed by atoms with E-state index in [-0.39, 0.29) is 22.4 Å². The maximum absolute atomic E-state index is 12.9. The molecule has 0 bridgehead atoms. The molecule has 0 aliphatic heterocycles. The van der Waals surface area contributed by atoms with Crippen LogP contribution in [-0.4, -0.2) is 37.6 Å². The normalized spacial score (nSPS) is 12.2. The van der Waals surface area contributed by atoms with Crippen LogP contribution >= 0.6 is 0 Å². The minimum absolute atomic E-state index is 0.127. The molecule has 0 heterocycles. The van der Waals surface area contributed by atoms with Gasteiger partial charge in [0.25, 0.3) is 11.8 Å². The molecule has 8 heteroatoms. The van der Waals surface area contributed by atoms with Crippen molar-refractivity contribution in [2.45, 2.75) is 31.7 Å². The summed E-state index contributed by atoms with van der Waals surface area (Å²) < 4.78 is 26.7. The van der Waals surface area contributed by atoms with E-state index in [9.17, 15) is 18.0 Å². The quantitative estimate of drug-likeness (QED) is 0.474. The van der Waals surface area contributed by atoms with E-state index in [1.165, 1.54) is 28.6 Å². The molecule has 1 unspecified atom stereocenters. The van der Waals surface area contributed by atoms with Crippen molar-refractivity contribution in [1.29, 1.82) is 0 Å². The Labute approximate surface area is 200 Å². The van der Waals surface area contributed by atoms with E-state index in [2.05, 4.69) is 10.6 Å². The first-order valence-electron chi connectivity index (χ1n) is 11.1. The highest BCUT2D eigenvalue weighted by Crippen LogP contribution is 2.20. The molecule has 3 aromatic carbocycles. The third-order valence-electron chi connectivity index (χ3n) is 5.53. The first-order valence-corrected chi connectivity index (χ1v) is 12.6. The molecular formula is C26H29N3O4S. The van der Waals surface area contributed by atoms with E-state index >= 15 is 0 Å². The molecule has 0 aliphatic rings. The summed E-state index contributed by atoms with van der Waals surface area (Å²) in [5.41, 5.74) is 1.95. The van der Waals surface area contributed by atoms with E-state index in [0.29, 0.717) is 24.3 Å². The topological polar surface area (TPSA) is 95.6 Å². The van der Waals surface area contributed by atoms with Gasteiger partial charge in [-0.05, 0) is 48.9 Å². The number of carbonyl (C=O) groups is 2. The van der Waals surface area contributed by atoms with Gasteiger partial charge in [-0.1, -0.05) is 56.3 Å². The lowest BCUT2D eigenvalue weighted by Gasteiger charge is -2.18. The Morgan fingerprint density at radius 1 is 0.824 bits per heavy atom. The zero-order valence-corrected chi connectivity index (χ0v) is 20.3. The zero-order valence-electron chi connectivity index (χ0n) is 19.5. The van der Waals surface area contributed by atoms with Gasteiger partial charge in [-0.25, -0.2) is 8.42 Å². The summed E-state index contributed by atoms with van der Waals surface area (Å²) in [7, 11) is -3.61. The number of anilines is 1. The van der Waals surface area contributed by atoms with Crippen molar-refractivity contribution in [1.82, 2.24) is 9.62 Å². The largest absolute Gasteiger partial charge is 0.345 e. The van der Waals surface area contributed by atoms with Crippen LogP contribution in [0.3, 0.4) is 0 Å². The molecule has 0 fully saturated rings. The van der Waals surface area contributed by atoms with Gasteiger partial charge in [0.2, 0.25) is 10.0 Å². The molecule has 0 aromatic heterocycles. The first kappa shape index (κ1) is 25.1. The fourth-order valence-electron chi connectivity index (χ4n) is 3.57. The fraction of sp³-hybridized carbons (Fsp3) is 0.231. The number of sulfonamides is 1. The van der Waals surface area contributed by atoms with Crippen molar-refractivity contribution in [3.63, 3.8) is 0 Å². The molecule has 0 spiro atoms. The Balaban J connectivity index is 1.75. The molecule has 2 amide bonds. The van der Waals surface area contributed by atoms with Gasteiger partial charge >= 0.3 is 0 Å². The van der Waals surface area contributed by atoms with E-state index in [0.717, 1.165) is 5.56 Å². The summed E-state index contributed by atoms with van der Waals surface area (Å²) in [6.07, 6.45) is 0. The second kappa shape index (κ2) is 11.1. The van der Waals surface area contributed by atoms with Crippen molar-refractivity contribution in [2.75, 3.05) is 18.4 Å². The van der Waals surface area contributed by atoms with Crippen molar-refractivity contribution < 1.29 is 18.0 Å². The Morgan fingerprint density at radius 2 is 1.41 bits per heavy atom. The maximum Gasteiger partial charge on any atom is 0.255 e. The van der Waals surface area contributed by atoms with E-state index in [1.807, 2.05) is 37.3 Å². The predicted octanol–water partition coefficient (Wildman–Crippen LogP) is 4.46. The molecular weight excluding hydrogens is 450 g/mol. The Hall–Kier alpha value is -3.49. The van der Waals surface area contributed by atoms with Crippen LogP contribution in [0.25, 0.3) is 0 Å². The highest BCUT2D eigenvalue weighted by atomic mass is 32.2. The third-order valence-corrected chi connectivity index (χ3v) is 7.59. The standard InChI is InChI=1S/C26H29N3O4S/c1-4-29(5-2)34(32,33)22-17-15-21(16-18-22)25(30)28-24-14-10-9-13-23(24)26(31)27-19(3)20-11-7-6-8-12-20/h6-19H,4-5H2,1-3H3,(H,27,31)(H,28,30). The maximum atomic E-state index is 12.9. The highest BCUT2D eigenvalue weighted by Gasteiger charge is 2.22. The number of nitrogens with one attached hydrogen (secondary N) is 2. The predicted molar refractivity (Wildman–Crippen MR) is 133 cm³/mol. The minimum atomic E-state index is -3.61. The lowest BCUT2D eigenvalue weighted by molar-refractivity contribution is 0.0940. The van der Waals surface area contributed by atoms with Gasteiger partial charge < -0.3 is 10.6 Å². The monoisotopic (exact) mass is 479 g/mol. The molecule has 0 saturated carbocycles. The Kier molecular flexibility index (Phi) is 8.20. The molecule has 0 radical (unpaired) electrons. The van der Waals surface area contributed by atoms with Crippen molar-refractivity contribution in [3.05, 3.63) is 95.6 Å². The second-order valence-corrected chi connectivity index (χ2v) is 9.66. The molecule has 34 heavy (non-hydrogen) atoms. The van der Waals surface area contributed by atoms with Crippen LogP contribution in [0.4, 0.5) is 5.69 Å². The summed E-state index contributed by atoms with van der Waals surface area (Å²) in [6, 6.07) is 21.9. The first-order chi connectivity index (χ1) is 16.3. The summed E-state index contributed by atoms with van der Waals surface area (Å²) >= 11 is 0. The van der Waals surface area contributed by atoms with Gasteiger partial charge in [0.05, 0.1) is 22.2 Å². The van der Waals surface area contributed by atoms with Gasteiger partial charge in [0, 0.05) is 18.7 Å². The van der Waals surface area contributed by atoms with Crippen LogP contribution in [0.15, 0.2) is 83.8 Å². The fourth-order valence-corrected chi connectivity index (χ4v) is 5.03. The number of benzene rings is 3. The average Bonchev–Trinajstić information content (AvgIpc) is 2.85. The number of para-hydroxylation sites is 1. The van der Waals surface area contributed by atoms with Gasteiger partial charge in [0.1, 0.15) is 0 Å². The van der Waals surface area contributed by atoms with Crippen LogP contribution in [0.1, 0.15) is 53.1 Å².